The number of aryl methyl sites for hydroxylation is 1. The van der Waals surface area contributed by atoms with E-state index in [0.717, 1.165) is 34.1 Å². The Hall–Kier alpha value is -1.13. The second-order valence-corrected chi connectivity index (χ2v) is 5.96. The maximum atomic E-state index is 6.11. The average molecular weight is 339 g/mol. The van der Waals surface area contributed by atoms with Gasteiger partial charge in [-0.05, 0) is 59.8 Å². The Labute approximate surface area is 125 Å². The van der Waals surface area contributed by atoms with Crippen LogP contribution in [0, 0.1) is 0 Å². The largest absolute Gasteiger partial charge is 0.383 e. The van der Waals surface area contributed by atoms with E-state index in [9.17, 15) is 0 Å². The Bertz CT molecular complexity index is 643. The number of fused-ring (bicyclic) bond motifs is 1. The van der Waals surface area contributed by atoms with Gasteiger partial charge in [-0.25, -0.2) is 9.97 Å². The van der Waals surface area contributed by atoms with Gasteiger partial charge in [-0.15, -0.1) is 0 Å². The van der Waals surface area contributed by atoms with Crippen molar-refractivity contribution in [3.05, 3.63) is 39.0 Å². The minimum Gasteiger partial charge on any atom is -0.383 e. The van der Waals surface area contributed by atoms with Crippen LogP contribution >= 0.6 is 27.5 Å². The fourth-order valence-electron chi connectivity index (χ4n) is 2.39. The van der Waals surface area contributed by atoms with Gasteiger partial charge in [0.25, 0.3) is 0 Å². The van der Waals surface area contributed by atoms with Crippen molar-refractivity contribution in [3.8, 4) is 11.4 Å². The van der Waals surface area contributed by atoms with Gasteiger partial charge in [0.2, 0.25) is 0 Å². The smallest absolute Gasteiger partial charge is 0.161 e. The molecule has 1 aliphatic carbocycles. The zero-order valence-corrected chi connectivity index (χ0v) is 12.6. The number of hydrogen-bond acceptors (Lipinski definition) is 3. The molecule has 0 saturated heterocycles. The van der Waals surface area contributed by atoms with Crippen molar-refractivity contribution in [3.63, 3.8) is 0 Å². The first-order valence-electron chi connectivity index (χ1n) is 6.26. The molecule has 2 N–H and O–H groups in total. The first-order valence-corrected chi connectivity index (χ1v) is 7.43. The van der Waals surface area contributed by atoms with Gasteiger partial charge < -0.3 is 5.73 Å². The Morgan fingerprint density at radius 2 is 1.95 bits per heavy atom. The number of nitrogens with zero attached hydrogens (tertiary/aromatic N) is 2. The Morgan fingerprint density at radius 1 is 1.16 bits per heavy atom. The lowest BCUT2D eigenvalue weighted by Crippen LogP contribution is -2.11. The third kappa shape index (κ3) is 2.47. The van der Waals surface area contributed by atoms with E-state index in [1.165, 1.54) is 12.8 Å². The van der Waals surface area contributed by atoms with E-state index in [4.69, 9.17) is 17.3 Å². The Morgan fingerprint density at radius 3 is 2.74 bits per heavy atom. The molecule has 0 bridgehead atoms. The number of nitrogens with two attached hydrogens (primary N) is 1. The van der Waals surface area contributed by atoms with Crippen molar-refractivity contribution in [2.24, 2.45) is 0 Å². The Kier molecular flexibility index (Phi) is 3.46. The number of benzene rings is 1. The minimum atomic E-state index is 0.610. The molecule has 5 heteroatoms. The first kappa shape index (κ1) is 12.9. The number of halogens is 2. The van der Waals surface area contributed by atoms with Gasteiger partial charge in [-0.2, -0.15) is 0 Å². The summed E-state index contributed by atoms with van der Waals surface area (Å²) in [5.41, 5.74) is 9.16. The zero-order chi connectivity index (χ0) is 13.4. The highest BCUT2D eigenvalue weighted by atomic mass is 79.9. The molecule has 3 rings (SSSR count). The second kappa shape index (κ2) is 5.10. The van der Waals surface area contributed by atoms with Crippen LogP contribution in [0.3, 0.4) is 0 Å². The predicted octanol–water partition coefficient (Wildman–Crippen LogP) is 4.02. The van der Waals surface area contributed by atoms with Crippen LogP contribution in [-0.2, 0) is 12.8 Å². The molecule has 0 amide bonds. The zero-order valence-electron chi connectivity index (χ0n) is 10.3. The van der Waals surface area contributed by atoms with Crippen molar-refractivity contribution < 1.29 is 0 Å². The molecule has 19 heavy (non-hydrogen) atoms. The molecule has 98 valence electrons. The van der Waals surface area contributed by atoms with Gasteiger partial charge in [-0.3, -0.25) is 0 Å². The number of anilines is 1. The molecule has 0 radical (unpaired) electrons. The minimum absolute atomic E-state index is 0.610. The summed E-state index contributed by atoms with van der Waals surface area (Å²) in [7, 11) is 0. The van der Waals surface area contributed by atoms with Gasteiger partial charge in [0.05, 0.1) is 5.02 Å². The van der Waals surface area contributed by atoms with Gasteiger partial charge in [0, 0.05) is 21.3 Å². The summed E-state index contributed by atoms with van der Waals surface area (Å²) in [5.74, 6) is 1.27. The molecule has 0 atom stereocenters. The maximum absolute atomic E-state index is 6.11. The van der Waals surface area contributed by atoms with Crippen molar-refractivity contribution >= 4 is 33.3 Å². The lowest BCUT2D eigenvalue weighted by atomic mass is 9.96. The summed E-state index contributed by atoms with van der Waals surface area (Å²) in [6, 6.07) is 5.70. The highest BCUT2D eigenvalue weighted by molar-refractivity contribution is 9.10. The fourth-order valence-corrected chi connectivity index (χ4v) is 2.81. The molecule has 1 aliphatic rings. The van der Waals surface area contributed by atoms with Crippen LogP contribution in [0.2, 0.25) is 5.02 Å². The molecular weight excluding hydrogens is 326 g/mol. The van der Waals surface area contributed by atoms with Crippen molar-refractivity contribution in [1.82, 2.24) is 9.97 Å². The van der Waals surface area contributed by atoms with Crippen molar-refractivity contribution in [1.29, 1.82) is 0 Å². The molecule has 1 aromatic heterocycles. The predicted molar refractivity (Wildman–Crippen MR) is 81.2 cm³/mol. The van der Waals surface area contributed by atoms with E-state index in [2.05, 4.69) is 25.9 Å². The van der Waals surface area contributed by atoms with E-state index in [1.54, 1.807) is 0 Å². The van der Waals surface area contributed by atoms with Crippen molar-refractivity contribution in [2.45, 2.75) is 25.7 Å². The van der Waals surface area contributed by atoms with Crippen LogP contribution in [0.1, 0.15) is 24.1 Å². The van der Waals surface area contributed by atoms with Crippen LogP contribution < -0.4 is 5.73 Å². The standard InChI is InChI=1S/C14H13BrClN3/c15-10-6-5-8(7-11(10)16)14-18-12-4-2-1-3-9(12)13(17)19-14/h5-7H,1-4H2,(H2,17,18,19). The summed E-state index contributed by atoms with van der Waals surface area (Å²) in [6.07, 6.45) is 4.32. The lowest BCUT2D eigenvalue weighted by Gasteiger charge is -2.17. The molecule has 1 aromatic carbocycles. The molecule has 1 heterocycles. The van der Waals surface area contributed by atoms with E-state index in [0.29, 0.717) is 16.7 Å². The Balaban J connectivity index is 2.10. The van der Waals surface area contributed by atoms with E-state index in [-0.39, 0.29) is 0 Å². The van der Waals surface area contributed by atoms with Gasteiger partial charge in [-0.1, -0.05) is 11.6 Å². The molecule has 0 spiro atoms. The molecule has 3 nitrogen and oxygen atoms in total. The topological polar surface area (TPSA) is 51.8 Å². The number of rotatable bonds is 1. The van der Waals surface area contributed by atoms with E-state index in [1.807, 2.05) is 18.2 Å². The van der Waals surface area contributed by atoms with E-state index < -0.39 is 0 Å². The maximum Gasteiger partial charge on any atom is 0.161 e. The normalized spacial score (nSPS) is 14.2. The summed E-state index contributed by atoms with van der Waals surface area (Å²) in [6.45, 7) is 0. The van der Waals surface area contributed by atoms with Gasteiger partial charge >= 0.3 is 0 Å². The van der Waals surface area contributed by atoms with E-state index >= 15 is 0 Å². The monoisotopic (exact) mass is 337 g/mol. The SMILES string of the molecule is Nc1nc(-c2ccc(Br)c(Cl)c2)nc2c1CCCC2. The van der Waals surface area contributed by atoms with Crippen LogP contribution in [0.15, 0.2) is 22.7 Å². The average Bonchev–Trinajstić information content (AvgIpc) is 2.42. The number of hydrogen-bond donors (Lipinski definition) is 1. The number of nitrogen functional groups attached to an aromatic ring is 1. The first-order chi connectivity index (χ1) is 9.15. The number of aromatic nitrogens is 2. The molecule has 0 fully saturated rings. The van der Waals surface area contributed by atoms with Crippen molar-refractivity contribution in [2.75, 3.05) is 5.73 Å². The van der Waals surface area contributed by atoms with Gasteiger partial charge in [0.1, 0.15) is 5.82 Å². The summed E-state index contributed by atoms with van der Waals surface area (Å²) >= 11 is 9.49. The van der Waals surface area contributed by atoms with Crippen LogP contribution in [0.4, 0.5) is 5.82 Å². The molecule has 2 aromatic rings. The quantitative estimate of drug-likeness (QED) is 0.854. The second-order valence-electron chi connectivity index (χ2n) is 4.69. The van der Waals surface area contributed by atoms with Crippen LogP contribution in [0.25, 0.3) is 11.4 Å². The molecule has 0 unspecified atom stereocenters. The molecular formula is C14H13BrClN3. The van der Waals surface area contributed by atoms with Crippen LogP contribution in [0.5, 0.6) is 0 Å². The summed E-state index contributed by atoms with van der Waals surface area (Å²) in [5, 5.41) is 0.650. The third-order valence-corrected chi connectivity index (χ3v) is 4.63. The molecule has 0 aliphatic heterocycles. The highest BCUT2D eigenvalue weighted by Gasteiger charge is 2.17. The van der Waals surface area contributed by atoms with Gasteiger partial charge in [0.15, 0.2) is 5.82 Å². The highest BCUT2D eigenvalue weighted by Crippen LogP contribution is 2.30. The fraction of sp³-hybridized carbons (Fsp3) is 0.286. The lowest BCUT2D eigenvalue weighted by molar-refractivity contribution is 0.666. The van der Waals surface area contributed by atoms with Crippen LogP contribution in [-0.4, -0.2) is 9.97 Å². The molecule has 0 saturated carbocycles. The third-order valence-electron chi connectivity index (χ3n) is 3.39. The summed E-state index contributed by atoms with van der Waals surface area (Å²) < 4.78 is 0.865. The summed E-state index contributed by atoms with van der Waals surface area (Å²) in [4.78, 5) is 9.07.